The van der Waals surface area contributed by atoms with Gasteiger partial charge in [0.25, 0.3) is 6.02 Å². The second kappa shape index (κ2) is 3.36. The predicted octanol–water partition coefficient (Wildman–Crippen LogP) is 0.211. The van der Waals surface area contributed by atoms with Crippen LogP contribution >= 0.6 is 25.6 Å². The van der Waals surface area contributed by atoms with E-state index in [0.717, 1.165) is 0 Å². The molecule has 1 aliphatic heterocycles. The molecule has 0 saturated heterocycles. The van der Waals surface area contributed by atoms with Crippen molar-refractivity contribution >= 4 is 31.7 Å². The van der Waals surface area contributed by atoms with Gasteiger partial charge in [0.2, 0.25) is 0 Å². The SMILES string of the molecule is COC1=NCN(S)CN1S. The molecule has 0 aromatic carbocycles. The van der Waals surface area contributed by atoms with Gasteiger partial charge >= 0.3 is 0 Å². The van der Waals surface area contributed by atoms with Crippen LogP contribution in [0.25, 0.3) is 0 Å². The van der Waals surface area contributed by atoms with E-state index in [1.165, 1.54) is 0 Å². The van der Waals surface area contributed by atoms with E-state index in [0.29, 0.717) is 19.4 Å². The van der Waals surface area contributed by atoms with Gasteiger partial charge in [-0.2, -0.15) is 0 Å². The third-order valence-corrected chi connectivity index (χ3v) is 1.62. The first-order valence-electron chi connectivity index (χ1n) is 2.72. The Balaban J connectivity index is 2.57. The number of hydrogen-bond donors (Lipinski definition) is 2. The van der Waals surface area contributed by atoms with Crippen LogP contribution in [0.15, 0.2) is 4.99 Å². The zero-order valence-electron chi connectivity index (χ0n) is 5.56. The molecular formula is C4H9N3OS2. The molecule has 0 N–H and O–H groups in total. The van der Waals surface area contributed by atoms with Gasteiger partial charge in [-0.05, 0) is 0 Å². The summed E-state index contributed by atoms with van der Waals surface area (Å²) in [6.45, 7) is 1.15. The first kappa shape index (κ1) is 8.03. The molecule has 4 nitrogen and oxygen atoms in total. The summed E-state index contributed by atoms with van der Waals surface area (Å²) in [7, 11) is 1.57. The molecule has 10 heavy (non-hydrogen) atoms. The lowest BCUT2D eigenvalue weighted by Crippen LogP contribution is -2.37. The van der Waals surface area contributed by atoms with Gasteiger partial charge in [-0.1, -0.05) is 25.6 Å². The fourth-order valence-corrected chi connectivity index (χ4v) is 1.24. The van der Waals surface area contributed by atoms with Gasteiger partial charge < -0.3 is 4.74 Å². The van der Waals surface area contributed by atoms with Crippen LogP contribution in [0.3, 0.4) is 0 Å². The summed E-state index contributed by atoms with van der Waals surface area (Å²) in [5.41, 5.74) is 0. The number of ether oxygens (including phenoxy) is 1. The molecule has 6 heteroatoms. The zero-order valence-corrected chi connectivity index (χ0v) is 7.35. The van der Waals surface area contributed by atoms with Crippen molar-refractivity contribution in [1.82, 2.24) is 8.61 Å². The Bertz CT molecular complexity index is 151. The Morgan fingerprint density at radius 3 is 2.80 bits per heavy atom. The highest BCUT2D eigenvalue weighted by atomic mass is 32.1. The van der Waals surface area contributed by atoms with Crippen LogP contribution in [0, 0.1) is 0 Å². The molecule has 0 bridgehead atoms. The molecule has 0 aliphatic carbocycles. The molecule has 0 aromatic rings. The van der Waals surface area contributed by atoms with Gasteiger partial charge in [-0.3, -0.25) is 4.31 Å². The number of aliphatic imine (C=N–C) groups is 1. The summed E-state index contributed by atoms with van der Waals surface area (Å²) in [6, 6.07) is 0.536. The lowest BCUT2D eigenvalue weighted by Gasteiger charge is -2.26. The molecule has 0 amide bonds. The molecule has 0 atom stereocenters. The highest BCUT2D eigenvalue weighted by molar-refractivity contribution is 7.78. The third-order valence-electron chi connectivity index (χ3n) is 1.07. The first-order chi connectivity index (χ1) is 4.74. The topological polar surface area (TPSA) is 28.1 Å². The Morgan fingerprint density at radius 2 is 2.30 bits per heavy atom. The summed E-state index contributed by atoms with van der Waals surface area (Å²) in [5, 5.41) is 0. The highest BCUT2D eigenvalue weighted by Gasteiger charge is 2.15. The predicted molar refractivity (Wildman–Crippen MR) is 45.8 cm³/mol. The maximum atomic E-state index is 4.89. The molecule has 1 rings (SSSR count). The lowest BCUT2D eigenvalue weighted by molar-refractivity contribution is 0.286. The molecule has 1 aliphatic rings. The van der Waals surface area contributed by atoms with Crippen LogP contribution < -0.4 is 0 Å². The van der Waals surface area contributed by atoms with Crippen molar-refractivity contribution in [2.24, 2.45) is 4.99 Å². The number of amidine groups is 1. The third kappa shape index (κ3) is 1.71. The maximum Gasteiger partial charge on any atom is 0.299 e. The van der Waals surface area contributed by atoms with Crippen LogP contribution in [-0.4, -0.2) is 35.1 Å². The van der Waals surface area contributed by atoms with Gasteiger partial charge in [0.15, 0.2) is 0 Å². The van der Waals surface area contributed by atoms with Crippen molar-refractivity contribution in [3.63, 3.8) is 0 Å². The molecule has 1 heterocycles. The van der Waals surface area contributed by atoms with Crippen molar-refractivity contribution in [2.45, 2.75) is 0 Å². The number of rotatable bonds is 0. The molecule has 0 unspecified atom stereocenters. The largest absolute Gasteiger partial charge is 0.468 e. The zero-order chi connectivity index (χ0) is 7.56. The minimum atomic E-state index is 0.536. The minimum absolute atomic E-state index is 0.536. The van der Waals surface area contributed by atoms with Crippen LogP contribution in [0.5, 0.6) is 0 Å². The van der Waals surface area contributed by atoms with Crippen molar-refractivity contribution in [1.29, 1.82) is 0 Å². The number of thiol groups is 2. The van der Waals surface area contributed by atoms with E-state index in [-0.39, 0.29) is 0 Å². The number of hydrogen-bond acceptors (Lipinski definition) is 6. The number of nitrogens with zero attached hydrogens (tertiary/aromatic N) is 3. The normalized spacial score (nSPS) is 20.7. The van der Waals surface area contributed by atoms with Crippen LogP contribution in [0.1, 0.15) is 0 Å². The maximum absolute atomic E-state index is 4.89. The summed E-state index contributed by atoms with van der Waals surface area (Å²) >= 11 is 8.16. The van der Waals surface area contributed by atoms with Gasteiger partial charge in [0.05, 0.1) is 13.8 Å². The Morgan fingerprint density at radius 1 is 1.60 bits per heavy atom. The highest BCUT2D eigenvalue weighted by Crippen LogP contribution is 2.08. The van der Waals surface area contributed by atoms with E-state index in [4.69, 9.17) is 4.74 Å². The second-order valence-corrected chi connectivity index (χ2v) is 2.88. The van der Waals surface area contributed by atoms with Gasteiger partial charge in [-0.15, -0.1) is 0 Å². The molecule has 0 saturated carbocycles. The van der Waals surface area contributed by atoms with Crippen LogP contribution in [0.2, 0.25) is 0 Å². The Hall–Kier alpha value is -0.0700. The Kier molecular flexibility index (Phi) is 2.70. The monoisotopic (exact) mass is 179 g/mol. The van der Waals surface area contributed by atoms with Crippen molar-refractivity contribution in [3.05, 3.63) is 0 Å². The smallest absolute Gasteiger partial charge is 0.299 e. The first-order valence-corrected chi connectivity index (χ1v) is 3.52. The molecule has 0 fully saturated rings. The van der Waals surface area contributed by atoms with Crippen molar-refractivity contribution in [2.75, 3.05) is 20.4 Å². The average molecular weight is 179 g/mol. The summed E-state index contributed by atoms with van der Waals surface area (Å²) in [6.07, 6.45) is 0. The summed E-state index contributed by atoms with van der Waals surface area (Å²) < 4.78 is 8.19. The van der Waals surface area contributed by atoms with E-state index in [1.807, 2.05) is 0 Å². The fraction of sp³-hybridized carbons (Fsp3) is 0.750. The summed E-state index contributed by atoms with van der Waals surface area (Å²) in [5.74, 6) is 0. The van der Waals surface area contributed by atoms with E-state index in [2.05, 4.69) is 30.6 Å². The van der Waals surface area contributed by atoms with E-state index >= 15 is 0 Å². The molecular weight excluding hydrogens is 170 g/mol. The molecule has 58 valence electrons. The van der Waals surface area contributed by atoms with Gasteiger partial charge in [-0.25, -0.2) is 9.30 Å². The van der Waals surface area contributed by atoms with Gasteiger partial charge in [0.1, 0.15) is 6.67 Å². The van der Waals surface area contributed by atoms with Crippen LogP contribution in [0.4, 0.5) is 0 Å². The molecule has 0 radical (unpaired) electrons. The summed E-state index contributed by atoms with van der Waals surface area (Å²) in [4.78, 5) is 4.00. The average Bonchev–Trinajstić information content (AvgIpc) is 1.88. The van der Waals surface area contributed by atoms with E-state index in [9.17, 15) is 0 Å². The Labute approximate surface area is 70.9 Å². The second-order valence-electron chi connectivity index (χ2n) is 1.83. The minimum Gasteiger partial charge on any atom is -0.468 e. The standard InChI is InChI=1S/C4H9N3OS2/c1-8-4-5-2-6(9)3-7(4)10/h9-10H,2-3H2,1H3. The van der Waals surface area contributed by atoms with Gasteiger partial charge in [0, 0.05) is 0 Å². The van der Waals surface area contributed by atoms with E-state index < -0.39 is 0 Å². The quantitative estimate of drug-likeness (QED) is 0.521. The lowest BCUT2D eigenvalue weighted by atomic mass is 10.8. The van der Waals surface area contributed by atoms with E-state index in [1.54, 1.807) is 15.7 Å². The van der Waals surface area contributed by atoms with Crippen molar-refractivity contribution in [3.8, 4) is 0 Å². The molecule has 0 spiro atoms. The molecule has 0 aromatic heterocycles. The fourth-order valence-electron chi connectivity index (χ4n) is 0.654. The van der Waals surface area contributed by atoms with Crippen molar-refractivity contribution < 1.29 is 4.74 Å². The van der Waals surface area contributed by atoms with Crippen LogP contribution in [-0.2, 0) is 4.74 Å². The number of methoxy groups -OCH3 is 1.